The largest absolute Gasteiger partial charge is 0.493 e. The average Bonchev–Trinajstić information content (AvgIpc) is 2.88. The van der Waals surface area contributed by atoms with Crippen LogP contribution in [0.15, 0.2) is 42.0 Å². The first-order valence-corrected chi connectivity index (χ1v) is 11.1. The Morgan fingerprint density at radius 3 is 2.65 bits per heavy atom. The molecule has 2 heterocycles. The minimum atomic E-state index is -0.523. The molecule has 0 spiro atoms. The number of methoxy groups -OCH3 is 1. The Kier molecular flexibility index (Phi) is 7.86. The molecule has 1 saturated heterocycles. The van der Waals surface area contributed by atoms with Crippen molar-refractivity contribution in [3.63, 3.8) is 0 Å². The first-order chi connectivity index (χ1) is 16.7. The van der Waals surface area contributed by atoms with Gasteiger partial charge in [-0.1, -0.05) is 6.07 Å². The lowest BCUT2D eigenvalue weighted by Crippen LogP contribution is -2.38. The highest BCUT2D eigenvalue weighted by molar-refractivity contribution is 6.09. The minimum absolute atomic E-state index is 0.0423. The number of fused-ring (bicyclic) bond motifs is 1. The van der Waals surface area contributed by atoms with Crippen LogP contribution in [0.5, 0.6) is 23.0 Å². The Balaban J connectivity index is 1.43. The van der Waals surface area contributed by atoms with Crippen molar-refractivity contribution in [3.8, 4) is 29.1 Å². The van der Waals surface area contributed by atoms with Gasteiger partial charge in [-0.15, -0.1) is 0 Å². The Bertz CT molecular complexity index is 1090. The third-order valence-corrected chi connectivity index (χ3v) is 5.43. The summed E-state index contributed by atoms with van der Waals surface area (Å²) in [5.74, 6) is 1.79. The summed E-state index contributed by atoms with van der Waals surface area (Å²) in [6, 6.07) is 12.4. The standard InChI is InChI=1S/C25H27N3O6/c1-30-21-4-2-18(15-23(21)32-11-8-28-6-9-31-10-7-28)14-19(17-26)25(29)27-20-3-5-22-24(16-20)34-13-12-33-22/h2-5,14-16H,6-13H2,1H3,(H,27,29). The topological polar surface area (TPSA) is 102 Å². The maximum Gasteiger partial charge on any atom is 0.266 e. The quantitative estimate of drug-likeness (QED) is 0.469. The molecule has 0 bridgehead atoms. The Hall–Kier alpha value is -3.74. The highest BCUT2D eigenvalue weighted by atomic mass is 16.6. The van der Waals surface area contributed by atoms with Gasteiger partial charge in [-0.3, -0.25) is 9.69 Å². The predicted octanol–water partition coefficient (Wildman–Crippen LogP) is 2.72. The van der Waals surface area contributed by atoms with Gasteiger partial charge >= 0.3 is 0 Å². The molecule has 1 N–H and O–H groups in total. The Morgan fingerprint density at radius 1 is 1.09 bits per heavy atom. The van der Waals surface area contributed by atoms with Crippen LogP contribution in [0, 0.1) is 11.3 Å². The number of hydrogen-bond acceptors (Lipinski definition) is 8. The van der Waals surface area contributed by atoms with Crippen LogP contribution in [-0.2, 0) is 9.53 Å². The number of nitrogens with zero attached hydrogens (tertiary/aromatic N) is 2. The van der Waals surface area contributed by atoms with Crippen LogP contribution in [0.3, 0.4) is 0 Å². The first kappa shape index (κ1) is 23.4. The van der Waals surface area contributed by atoms with Crippen molar-refractivity contribution in [2.24, 2.45) is 0 Å². The highest BCUT2D eigenvalue weighted by Gasteiger charge is 2.16. The van der Waals surface area contributed by atoms with E-state index >= 15 is 0 Å². The second-order valence-electron chi connectivity index (χ2n) is 7.70. The summed E-state index contributed by atoms with van der Waals surface area (Å²) in [7, 11) is 1.57. The summed E-state index contributed by atoms with van der Waals surface area (Å²) >= 11 is 0. The molecule has 0 unspecified atom stereocenters. The number of ether oxygens (including phenoxy) is 5. The van der Waals surface area contributed by atoms with Gasteiger partial charge in [0.2, 0.25) is 0 Å². The molecule has 2 aromatic carbocycles. The molecule has 0 atom stereocenters. The lowest BCUT2D eigenvalue weighted by Gasteiger charge is -2.26. The molecule has 1 fully saturated rings. The zero-order valence-corrected chi connectivity index (χ0v) is 19.0. The van der Waals surface area contributed by atoms with Crippen molar-refractivity contribution in [1.82, 2.24) is 4.90 Å². The molecule has 34 heavy (non-hydrogen) atoms. The van der Waals surface area contributed by atoms with Gasteiger partial charge < -0.3 is 29.0 Å². The smallest absolute Gasteiger partial charge is 0.266 e. The summed E-state index contributed by atoms with van der Waals surface area (Å²) < 4.78 is 27.8. The first-order valence-electron chi connectivity index (χ1n) is 11.1. The number of rotatable bonds is 8. The number of carbonyl (C=O) groups excluding carboxylic acids is 1. The predicted molar refractivity (Wildman–Crippen MR) is 125 cm³/mol. The van der Waals surface area contributed by atoms with Crippen LogP contribution in [0.25, 0.3) is 6.08 Å². The normalized spacial score (nSPS) is 15.8. The van der Waals surface area contributed by atoms with Gasteiger partial charge in [0, 0.05) is 31.4 Å². The fraction of sp³-hybridized carbons (Fsp3) is 0.360. The second kappa shape index (κ2) is 11.4. The van der Waals surface area contributed by atoms with Gasteiger partial charge in [0.1, 0.15) is 31.5 Å². The fourth-order valence-electron chi connectivity index (χ4n) is 3.64. The van der Waals surface area contributed by atoms with E-state index in [1.165, 1.54) is 6.08 Å². The molecule has 0 radical (unpaired) electrons. The van der Waals surface area contributed by atoms with Crippen molar-refractivity contribution in [2.45, 2.75) is 0 Å². The number of nitriles is 1. The van der Waals surface area contributed by atoms with Gasteiger partial charge in [-0.2, -0.15) is 5.26 Å². The van der Waals surface area contributed by atoms with Gasteiger partial charge in [-0.05, 0) is 35.9 Å². The van der Waals surface area contributed by atoms with Crippen molar-refractivity contribution in [2.75, 3.05) is 65.1 Å². The van der Waals surface area contributed by atoms with Crippen molar-refractivity contribution < 1.29 is 28.5 Å². The van der Waals surface area contributed by atoms with Crippen LogP contribution in [0.1, 0.15) is 5.56 Å². The van der Waals surface area contributed by atoms with Crippen LogP contribution in [0.2, 0.25) is 0 Å². The van der Waals surface area contributed by atoms with E-state index in [0.717, 1.165) is 32.8 Å². The molecule has 1 amide bonds. The third-order valence-electron chi connectivity index (χ3n) is 5.43. The van der Waals surface area contributed by atoms with Gasteiger partial charge in [0.25, 0.3) is 5.91 Å². The summed E-state index contributed by atoms with van der Waals surface area (Å²) in [6.45, 7) is 5.42. The minimum Gasteiger partial charge on any atom is -0.493 e. The van der Waals surface area contributed by atoms with E-state index < -0.39 is 5.91 Å². The number of morpholine rings is 1. The SMILES string of the molecule is COc1ccc(C=C(C#N)C(=O)Nc2ccc3c(c2)OCCO3)cc1OCCN1CCOCC1. The van der Waals surface area contributed by atoms with E-state index in [4.69, 9.17) is 23.7 Å². The third kappa shape index (κ3) is 5.98. The van der Waals surface area contributed by atoms with E-state index in [9.17, 15) is 10.1 Å². The monoisotopic (exact) mass is 465 g/mol. The number of anilines is 1. The molecular weight excluding hydrogens is 438 g/mol. The fourth-order valence-corrected chi connectivity index (χ4v) is 3.64. The maximum atomic E-state index is 12.7. The zero-order chi connectivity index (χ0) is 23.8. The Labute approximate surface area is 198 Å². The maximum absolute atomic E-state index is 12.7. The molecular formula is C25H27N3O6. The van der Waals surface area contributed by atoms with Crippen LogP contribution in [0.4, 0.5) is 5.69 Å². The molecule has 2 aliphatic rings. The van der Waals surface area contributed by atoms with Crippen molar-refractivity contribution in [3.05, 3.63) is 47.5 Å². The highest BCUT2D eigenvalue weighted by Crippen LogP contribution is 2.33. The van der Waals surface area contributed by atoms with Crippen molar-refractivity contribution >= 4 is 17.7 Å². The van der Waals surface area contributed by atoms with Crippen LogP contribution in [-0.4, -0.2) is 70.6 Å². The lowest BCUT2D eigenvalue weighted by atomic mass is 10.1. The van der Waals surface area contributed by atoms with Crippen LogP contribution < -0.4 is 24.3 Å². The number of nitrogens with one attached hydrogen (secondary N) is 1. The summed E-state index contributed by atoms with van der Waals surface area (Å²) in [4.78, 5) is 15.0. The van der Waals surface area contributed by atoms with Gasteiger partial charge in [0.05, 0.1) is 20.3 Å². The summed E-state index contributed by atoms with van der Waals surface area (Å²) in [5.41, 5.74) is 1.12. The summed E-state index contributed by atoms with van der Waals surface area (Å²) in [6.07, 6.45) is 1.52. The van der Waals surface area contributed by atoms with Crippen molar-refractivity contribution in [1.29, 1.82) is 5.26 Å². The van der Waals surface area contributed by atoms with E-state index in [0.29, 0.717) is 54.1 Å². The van der Waals surface area contributed by atoms with E-state index in [1.807, 2.05) is 6.07 Å². The van der Waals surface area contributed by atoms with Gasteiger partial charge in [-0.25, -0.2) is 0 Å². The van der Waals surface area contributed by atoms with E-state index in [-0.39, 0.29) is 5.57 Å². The van der Waals surface area contributed by atoms with Crippen LogP contribution >= 0.6 is 0 Å². The molecule has 0 aromatic heterocycles. The summed E-state index contributed by atoms with van der Waals surface area (Å²) in [5, 5.41) is 12.3. The number of hydrogen-bond donors (Lipinski definition) is 1. The molecule has 9 nitrogen and oxygen atoms in total. The molecule has 2 aliphatic heterocycles. The molecule has 4 rings (SSSR count). The number of carbonyl (C=O) groups is 1. The number of amides is 1. The Morgan fingerprint density at radius 2 is 1.88 bits per heavy atom. The lowest BCUT2D eigenvalue weighted by molar-refractivity contribution is -0.112. The molecule has 178 valence electrons. The van der Waals surface area contributed by atoms with E-state index in [1.54, 1.807) is 43.5 Å². The average molecular weight is 466 g/mol. The van der Waals surface area contributed by atoms with E-state index in [2.05, 4.69) is 10.2 Å². The second-order valence-corrected chi connectivity index (χ2v) is 7.70. The molecule has 0 saturated carbocycles. The zero-order valence-electron chi connectivity index (χ0n) is 19.0. The van der Waals surface area contributed by atoms with Gasteiger partial charge in [0.15, 0.2) is 23.0 Å². The molecule has 2 aromatic rings. The molecule has 0 aliphatic carbocycles. The number of benzene rings is 2. The molecule has 9 heteroatoms.